The van der Waals surface area contributed by atoms with Crippen LogP contribution in [0.4, 0.5) is 11.5 Å². The van der Waals surface area contributed by atoms with E-state index < -0.39 is 5.97 Å². The second-order valence-electron chi connectivity index (χ2n) is 4.17. The fraction of sp³-hybridized carbons (Fsp3) is 0.538. The molecule has 0 saturated heterocycles. The van der Waals surface area contributed by atoms with Crippen LogP contribution in [-0.2, 0) is 9.47 Å². The Morgan fingerprint density at radius 3 is 2.90 bits per heavy atom. The maximum atomic E-state index is 10.9. The Morgan fingerprint density at radius 1 is 1.40 bits per heavy atom. The predicted molar refractivity (Wildman–Crippen MR) is 76.0 cm³/mol. The first-order valence-electron chi connectivity index (χ1n) is 6.45. The van der Waals surface area contributed by atoms with Gasteiger partial charge in [-0.15, -0.1) is 0 Å². The van der Waals surface area contributed by atoms with Gasteiger partial charge in [0, 0.05) is 26.5 Å². The molecule has 0 atom stereocenters. The van der Waals surface area contributed by atoms with Gasteiger partial charge in [0.1, 0.15) is 5.82 Å². The quantitative estimate of drug-likeness (QED) is 0.554. The highest BCUT2D eigenvalue weighted by Gasteiger charge is 2.11. The number of pyridine rings is 1. The van der Waals surface area contributed by atoms with Gasteiger partial charge < -0.3 is 25.6 Å². The lowest BCUT2D eigenvalue weighted by Gasteiger charge is -2.10. The summed E-state index contributed by atoms with van der Waals surface area (Å²) in [4.78, 5) is 14.9. The van der Waals surface area contributed by atoms with Gasteiger partial charge in [-0.05, 0) is 18.9 Å². The van der Waals surface area contributed by atoms with Gasteiger partial charge in [-0.25, -0.2) is 9.78 Å². The summed E-state index contributed by atoms with van der Waals surface area (Å²) in [7, 11) is 1.63. The first-order chi connectivity index (χ1) is 9.66. The second-order valence-corrected chi connectivity index (χ2v) is 4.17. The van der Waals surface area contributed by atoms with Crippen LogP contribution in [0.3, 0.4) is 0 Å². The number of hydrogen-bond acceptors (Lipinski definition) is 6. The van der Waals surface area contributed by atoms with Gasteiger partial charge >= 0.3 is 5.97 Å². The number of carboxylic acids is 1. The smallest absolute Gasteiger partial charge is 0.337 e. The number of nitrogen functional groups attached to an aromatic ring is 1. The third kappa shape index (κ3) is 5.41. The Hall–Kier alpha value is -1.86. The average Bonchev–Trinajstić information content (AvgIpc) is 2.43. The van der Waals surface area contributed by atoms with Crippen molar-refractivity contribution in [1.29, 1.82) is 0 Å². The molecule has 0 radical (unpaired) electrons. The molecule has 1 rings (SSSR count). The fourth-order valence-corrected chi connectivity index (χ4v) is 1.58. The normalized spacial score (nSPS) is 10.4. The number of carboxylic acid groups (broad SMARTS) is 1. The highest BCUT2D eigenvalue weighted by molar-refractivity contribution is 5.96. The first kappa shape index (κ1) is 16.2. The van der Waals surface area contributed by atoms with E-state index in [1.807, 2.05) is 0 Å². The van der Waals surface area contributed by atoms with E-state index in [1.165, 1.54) is 12.3 Å². The molecule has 0 amide bonds. The van der Waals surface area contributed by atoms with Crippen molar-refractivity contribution in [3.63, 3.8) is 0 Å². The van der Waals surface area contributed by atoms with E-state index in [1.54, 1.807) is 7.11 Å². The Kier molecular flexibility index (Phi) is 7.38. The van der Waals surface area contributed by atoms with Crippen LogP contribution in [0.5, 0.6) is 0 Å². The summed E-state index contributed by atoms with van der Waals surface area (Å²) in [6, 6.07) is 1.38. The van der Waals surface area contributed by atoms with Crippen molar-refractivity contribution in [1.82, 2.24) is 4.98 Å². The van der Waals surface area contributed by atoms with Gasteiger partial charge in [-0.3, -0.25) is 0 Å². The molecule has 1 aromatic rings. The molecule has 20 heavy (non-hydrogen) atoms. The number of nitrogens with one attached hydrogen (secondary N) is 1. The van der Waals surface area contributed by atoms with Crippen molar-refractivity contribution in [3.05, 3.63) is 17.8 Å². The Labute approximate surface area is 118 Å². The highest BCUT2D eigenvalue weighted by atomic mass is 16.5. The van der Waals surface area contributed by atoms with E-state index in [0.29, 0.717) is 32.2 Å². The average molecular weight is 283 g/mol. The predicted octanol–water partition coefficient (Wildman–Crippen LogP) is 1.22. The molecule has 4 N–H and O–H groups in total. The number of nitrogens with zero attached hydrogens (tertiary/aromatic N) is 1. The molecule has 0 saturated carbocycles. The van der Waals surface area contributed by atoms with E-state index in [4.69, 9.17) is 20.3 Å². The first-order valence-corrected chi connectivity index (χ1v) is 6.45. The van der Waals surface area contributed by atoms with Crippen LogP contribution >= 0.6 is 0 Å². The topological polar surface area (TPSA) is 107 Å². The summed E-state index contributed by atoms with van der Waals surface area (Å²) in [5, 5.41) is 12.0. The monoisotopic (exact) mass is 283 g/mol. The molecule has 0 fully saturated rings. The summed E-state index contributed by atoms with van der Waals surface area (Å²) in [6.07, 6.45) is 3.21. The fourth-order valence-electron chi connectivity index (χ4n) is 1.58. The van der Waals surface area contributed by atoms with E-state index in [0.717, 1.165) is 12.8 Å². The highest BCUT2D eigenvalue weighted by Crippen LogP contribution is 2.19. The standard InChI is InChI=1S/C13H21N3O4/c1-19-8-9-20-7-3-2-5-15-12-11(14)10(13(17)18)4-6-16-12/h4,6H,2-3,5,7-9,14H2,1H3,(H,15,16)(H,17,18). The van der Waals surface area contributed by atoms with Gasteiger partial charge in [0.2, 0.25) is 0 Å². The molecular formula is C13H21N3O4. The van der Waals surface area contributed by atoms with E-state index >= 15 is 0 Å². The zero-order valence-electron chi connectivity index (χ0n) is 11.6. The van der Waals surface area contributed by atoms with Crippen LogP contribution in [0, 0.1) is 0 Å². The number of unbranched alkanes of at least 4 members (excludes halogenated alkanes) is 1. The molecule has 0 bridgehead atoms. The Balaban J connectivity index is 2.25. The molecule has 7 heteroatoms. The molecule has 0 aliphatic carbocycles. The molecular weight excluding hydrogens is 262 g/mol. The number of anilines is 2. The van der Waals surface area contributed by atoms with Crippen molar-refractivity contribution in [2.24, 2.45) is 0 Å². The van der Waals surface area contributed by atoms with Crippen LogP contribution in [0.2, 0.25) is 0 Å². The SMILES string of the molecule is COCCOCCCCNc1nccc(C(=O)O)c1N. The number of aromatic nitrogens is 1. The minimum Gasteiger partial charge on any atom is -0.478 e. The van der Waals surface area contributed by atoms with E-state index in [9.17, 15) is 4.79 Å². The molecule has 1 heterocycles. The van der Waals surface area contributed by atoms with Gasteiger partial charge in [-0.2, -0.15) is 0 Å². The summed E-state index contributed by atoms with van der Waals surface area (Å²) in [6.45, 7) is 2.52. The molecule has 7 nitrogen and oxygen atoms in total. The number of ether oxygens (including phenoxy) is 2. The van der Waals surface area contributed by atoms with Crippen LogP contribution in [-0.4, -0.2) is 49.5 Å². The van der Waals surface area contributed by atoms with Gasteiger partial charge in [0.15, 0.2) is 0 Å². The molecule has 0 aliphatic rings. The van der Waals surface area contributed by atoms with Crippen LogP contribution in [0.25, 0.3) is 0 Å². The third-order valence-corrected chi connectivity index (χ3v) is 2.66. The number of methoxy groups -OCH3 is 1. The summed E-state index contributed by atoms with van der Waals surface area (Å²) in [5.41, 5.74) is 5.96. The van der Waals surface area contributed by atoms with Crippen molar-refractivity contribution in [3.8, 4) is 0 Å². The molecule has 112 valence electrons. The lowest BCUT2D eigenvalue weighted by atomic mass is 10.2. The number of rotatable bonds is 10. The lowest BCUT2D eigenvalue weighted by Crippen LogP contribution is -2.11. The zero-order valence-corrected chi connectivity index (χ0v) is 11.6. The van der Waals surface area contributed by atoms with Crippen molar-refractivity contribution >= 4 is 17.5 Å². The zero-order chi connectivity index (χ0) is 14.8. The van der Waals surface area contributed by atoms with Gasteiger partial charge in [0.25, 0.3) is 0 Å². The van der Waals surface area contributed by atoms with Crippen LogP contribution < -0.4 is 11.1 Å². The lowest BCUT2D eigenvalue weighted by molar-refractivity contribution is 0.0691. The van der Waals surface area contributed by atoms with Crippen molar-refractivity contribution < 1.29 is 19.4 Å². The van der Waals surface area contributed by atoms with E-state index in [2.05, 4.69) is 10.3 Å². The summed E-state index contributed by atoms with van der Waals surface area (Å²) in [5.74, 6) is -0.648. The summed E-state index contributed by atoms with van der Waals surface area (Å²) < 4.78 is 10.2. The van der Waals surface area contributed by atoms with Gasteiger partial charge in [0.05, 0.1) is 24.5 Å². The number of carbonyl (C=O) groups is 1. The summed E-state index contributed by atoms with van der Waals surface area (Å²) >= 11 is 0. The molecule has 0 aromatic carbocycles. The maximum absolute atomic E-state index is 10.9. The molecule has 1 aromatic heterocycles. The Morgan fingerprint density at radius 2 is 2.20 bits per heavy atom. The maximum Gasteiger partial charge on any atom is 0.337 e. The molecule has 0 aliphatic heterocycles. The second kappa shape index (κ2) is 9.11. The minimum absolute atomic E-state index is 0.0606. The van der Waals surface area contributed by atoms with Gasteiger partial charge in [-0.1, -0.05) is 0 Å². The number of hydrogen-bond donors (Lipinski definition) is 3. The van der Waals surface area contributed by atoms with E-state index in [-0.39, 0.29) is 11.3 Å². The molecule has 0 spiro atoms. The van der Waals surface area contributed by atoms with Crippen LogP contribution in [0.1, 0.15) is 23.2 Å². The minimum atomic E-state index is -1.06. The van der Waals surface area contributed by atoms with Crippen LogP contribution in [0.15, 0.2) is 12.3 Å². The Bertz CT molecular complexity index is 426. The largest absolute Gasteiger partial charge is 0.478 e. The number of aromatic carboxylic acids is 1. The number of nitrogens with two attached hydrogens (primary N) is 1. The van der Waals surface area contributed by atoms with Crippen molar-refractivity contribution in [2.75, 3.05) is 44.5 Å². The third-order valence-electron chi connectivity index (χ3n) is 2.66. The molecule has 0 unspecified atom stereocenters. The van der Waals surface area contributed by atoms with Crippen molar-refractivity contribution in [2.45, 2.75) is 12.8 Å².